The van der Waals surface area contributed by atoms with Gasteiger partial charge in [0.2, 0.25) is 0 Å². The topological polar surface area (TPSA) is 46.9 Å². The molecule has 1 N–H and O–H groups in total. The highest BCUT2D eigenvalue weighted by molar-refractivity contribution is 7.98. The van der Waals surface area contributed by atoms with E-state index in [9.17, 15) is 18.0 Å². The Balaban J connectivity index is 2.43. The van der Waals surface area contributed by atoms with Gasteiger partial charge in [-0.25, -0.2) is 0 Å². The van der Waals surface area contributed by atoms with Crippen molar-refractivity contribution in [3.05, 3.63) is 40.0 Å². The van der Waals surface area contributed by atoms with Crippen molar-refractivity contribution < 1.29 is 18.0 Å². The maximum Gasteiger partial charge on any atom is 0.418 e. The molecule has 4 nitrogen and oxygen atoms in total. The lowest BCUT2D eigenvalue weighted by Crippen LogP contribution is -2.17. The molecule has 9 heteroatoms. The molecule has 0 aliphatic rings. The molecule has 2 aromatic rings. The van der Waals surface area contributed by atoms with Crippen LogP contribution in [0.15, 0.2) is 23.2 Å². The normalized spacial score (nSPS) is 11.6. The fourth-order valence-electron chi connectivity index (χ4n) is 2.18. The Morgan fingerprint density at radius 2 is 2.04 bits per heavy atom. The van der Waals surface area contributed by atoms with Gasteiger partial charge >= 0.3 is 6.18 Å². The van der Waals surface area contributed by atoms with Gasteiger partial charge < -0.3 is 5.32 Å². The zero-order valence-corrected chi connectivity index (χ0v) is 14.0. The lowest BCUT2D eigenvalue weighted by Gasteiger charge is -2.14. The van der Waals surface area contributed by atoms with Crippen LogP contribution in [-0.4, -0.2) is 21.9 Å². The predicted molar refractivity (Wildman–Crippen MR) is 84.1 cm³/mol. The zero-order chi connectivity index (χ0) is 17.4. The molecule has 2 rings (SSSR count). The minimum Gasteiger partial charge on any atom is -0.321 e. The van der Waals surface area contributed by atoms with E-state index >= 15 is 0 Å². The van der Waals surface area contributed by atoms with E-state index in [1.54, 1.807) is 20.2 Å². The molecule has 1 aromatic carbocycles. The summed E-state index contributed by atoms with van der Waals surface area (Å²) >= 11 is 6.91. The van der Waals surface area contributed by atoms with Gasteiger partial charge in [-0.1, -0.05) is 11.6 Å². The van der Waals surface area contributed by atoms with Crippen molar-refractivity contribution in [1.29, 1.82) is 0 Å². The van der Waals surface area contributed by atoms with E-state index in [0.29, 0.717) is 10.7 Å². The Morgan fingerprint density at radius 3 is 2.61 bits per heavy atom. The zero-order valence-electron chi connectivity index (χ0n) is 12.5. The number of amides is 1. The fraction of sp³-hybridized carbons (Fsp3) is 0.286. The molecule has 1 aromatic heterocycles. The molecular weight excluding hydrogens is 351 g/mol. The summed E-state index contributed by atoms with van der Waals surface area (Å²) in [5.74, 6) is -0.646. The third-order valence-electron chi connectivity index (χ3n) is 3.13. The predicted octanol–water partition coefficient (Wildman–Crippen LogP) is 4.37. The van der Waals surface area contributed by atoms with Crippen LogP contribution >= 0.6 is 23.4 Å². The molecule has 0 saturated heterocycles. The highest BCUT2D eigenvalue weighted by Gasteiger charge is 2.34. The van der Waals surface area contributed by atoms with Crippen molar-refractivity contribution in [3.8, 4) is 0 Å². The molecule has 0 fully saturated rings. The van der Waals surface area contributed by atoms with Crippen LogP contribution in [0.4, 0.5) is 18.9 Å². The summed E-state index contributed by atoms with van der Waals surface area (Å²) in [6, 6.07) is 3.20. The molecular formula is C14H13ClF3N3OS. The second kappa shape index (κ2) is 6.45. The molecule has 0 saturated carbocycles. The number of anilines is 1. The molecule has 0 aliphatic carbocycles. The molecule has 0 atom stereocenters. The molecule has 124 valence electrons. The first-order chi connectivity index (χ1) is 10.6. The van der Waals surface area contributed by atoms with E-state index in [-0.39, 0.29) is 16.3 Å². The van der Waals surface area contributed by atoms with Gasteiger partial charge in [-0.15, -0.1) is 11.8 Å². The summed E-state index contributed by atoms with van der Waals surface area (Å²) in [5, 5.41) is 6.94. The third-order valence-corrected chi connectivity index (χ3v) is 4.22. The number of aryl methyl sites for hydroxylation is 2. The summed E-state index contributed by atoms with van der Waals surface area (Å²) in [6.45, 7) is 1.63. The maximum atomic E-state index is 13.1. The average Bonchev–Trinajstić information content (AvgIpc) is 2.73. The van der Waals surface area contributed by atoms with Gasteiger partial charge in [0.1, 0.15) is 5.03 Å². The van der Waals surface area contributed by atoms with Crippen LogP contribution in [0, 0.1) is 6.92 Å². The number of aromatic nitrogens is 2. The second-order valence-electron chi connectivity index (χ2n) is 4.74. The lowest BCUT2D eigenvalue weighted by molar-refractivity contribution is -0.136. The Labute approximate surface area is 140 Å². The standard InChI is InChI=1S/C14H13ClF3N3OS/c1-7-11(13(23-3)21(2)20-7)12(22)19-10-5-4-8(15)6-9(10)14(16,17)18/h4-6H,1-3H3,(H,19,22). The third kappa shape index (κ3) is 3.64. The van der Waals surface area contributed by atoms with Gasteiger partial charge in [-0.3, -0.25) is 9.48 Å². The quantitative estimate of drug-likeness (QED) is 0.823. The Bertz CT molecular complexity index is 758. The number of thioether (sulfide) groups is 1. The van der Waals surface area contributed by atoms with Crippen molar-refractivity contribution in [1.82, 2.24) is 9.78 Å². The highest BCUT2D eigenvalue weighted by atomic mass is 35.5. The van der Waals surface area contributed by atoms with Crippen molar-refractivity contribution in [3.63, 3.8) is 0 Å². The van der Waals surface area contributed by atoms with Gasteiger partial charge in [0.25, 0.3) is 5.91 Å². The Kier molecular flexibility index (Phi) is 4.95. The van der Waals surface area contributed by atoms with Gasteiger partial charge in [0.05, 0.1) is 22.5 Å². The van der Waals surface area contributed by atoms with Crippen LogP contribution in [0.5, 0.6) is 0 Å². The van der Waals surface area contributed by atoms with E-state index in [0.717, 1.165) is 12.1 Å². The number of nitrogens with zero attached hydrogens (tertiary/aromatic N) is 2. The summed E-state index contributed by atoms with van der Waals surface area (Å²) in [4.78, 5) is 12.4. The monoisotopic (exact) mass is 363 g/mol. The lowest BCUT2D eigenvalue weighted by atomic mass is 10.1. The van der Waals surface area contributed by atoms with E-state index in [1.165, 1.54) is 22.5 Å². The molecule has 0 aliphatic heterocycles. The number of carbonyl (C=O) groups is 1. The molecule has 1 heterocycles. The number of benzene rings is 1. The molecule has 0 bridgehead atoms. The maximum absolute atomic E-state index is 13.1. The number of hydrogen-bond acceptors (Lipinski definition) is 3. The van der Waals surface area contributed by atoms with Gasteiger partial charge in [0.15, 0.2) is 0 Å². The molecule has 1 amide bonds. The minimum absolute atomic E-state index is 0.0577. The number of alkyl halides is 3. The van der Waals surface area contributed by atoms with Crippen LogP contribution in [-0.2, 0) is 13.2 Å². The summed E-state index contributed by atoms with van der Waals surface area (Å²) in [5.41, 5.74) is -0.646. The van der Waals surface area contributed by atoms with Gasteiger partial charge in [0, 0.05) is 12.1 Å². The number of nitrogens with one attached hydrogen (secondary N) is 1. The molecule has 0 radical (unpaired) electrons. The van der Waals surface area contributed by atoms with Gasteiger partial charge in [-0.2, -0.15) is 18.3 Å². The van der Waals surface area contributed by atoms with Crippen LogP contribution in [0.2, 0.25) is 5.02 Å². The van der Waals surface area contributed by atoms with Crippen LogP contribution in [0.25, 0.3) is 0 Å². The number of halogens is 4. The summed E-state index contributed by atoms with van der Waals surface area (Å²) in [7, 11) is 1.67. The van der Waals surface area contributed by atoms with Gasteiger partial charge in [-0.05, 0) is 31.4 Å². The largest absolute Gasteiger partial charge is 0.418 e. The second-order valence-corrected chi connectivity index (χ2v) is 5.97. The van der Waals surface area contributed by atoms with E-state index < -0.39 is 17.6 Å². The van der Waals surface area contributed by atoms with E-state index in [4.69, 9.17) is 11.6 Å². The fourth-order valence-corrected chi connectivity index (χ4v) is 3.10. The molecule has 0 spiro atoms. The van der Waals surface area contributed by atoms with Crippen molar-refractivity contribution in [2.75, 3.05) is 11.6 Å². The number of rotatable bonds is 3. The first kappa shape index (κ1) is 17.7. The summed E-state index contributed by atoms with van der Waals surface area (Å²) in [6.07, 6.45) is -2.86. The molecule has 0 unspecified atom stereocenters. The summed E-state index contributed by atoms with van der Waals surface area (Å²) < 4.78 is 40.8. The van der Waals surface area contributed by atoms with E-state index in [1.807, 2.05) is 0 Å². The smallest absolute Gasteiger partial charge is 0.321 e. The number of carbonyl (C=O) groups excluding carboxylic acids is 1. The first-order valence-electron chi connectivity index (χ1n) is 6.40. The van der Waals surface area contributed by atoms with Crippen LogP contribution in [0.1, 0.15) is 21.6 Å². The highest BCUT2D eigenvalue weighted by Crippen LogP contribution is 2.37. The van der Waals surface area contributed by atoms with Crippen molar-refractivity contribution in [2.24, 2.45) is 7.05 Å². The van der Waals surface area contributed by atoms with Crippen LogP contribution < -0.4 is 5.32 Å². The minimum atomic E-state index is -4.63. The number of hydrogen-bond donors (Lipinski definition) is 1. The molecule has 23 heavy (non-hydrogen) atoms. The first-order valence-corrected chi connectivity index (χ1v) is 8.01. The van der Waals surface area contributed by atoms with E-state index in [2.05, 4.69) is 10.4 Å². The van der Waals surface area contributed by atoms with Crippen molar-refractivity contribution in [2.45, 2.75) is 18.1 Å². The van der Waals surface area contributed by atoms with Crippen molar-refractivity contribution >= 4 is 35.0 Å². The SMILES string of the molecule is CSc1c(C(=O)Nc2ccc(Cl)cc2C(F)(F)F)c(C)nn1C. The van der Waals surface area contributed by atoms with Crippen LogP contribution in [0.3, 0.4) is 0 Å². The Hall–Kier alpha value is -1.67. The Morgan fingerprint density at radius 1 is 1.39 bits per heavy atom. The average molecular weight is 364 g/mol.